The molecule has 0 aliphatic carbocycles. The Bertz CT molecular complexity index is 946. The minimum atomic E-state index is -0.0108. The van der Waals surface area contributed by atoms with Gasteiger partial charge in [-0.2, -0.15) is 0 Å². The molecule has 1 saturated heterocycles. The molecule has 2 heterocycles. The molecule has 1 aliphatic rings. The fourth-order valence-corrected chi connectivity index (χ4v) is 4.53. The van der Waals surface area contributed by atoms with Gasteiger partial charge in [-0.1, -0.05) is 54.6 Å². The van der Waals surface area contributed by atoms with Crippen molar-refractivity contribution in [2.24, 2.45) is 0 Å². The highest BCUT2D eigenvalue weighted by Gasteiger charge is 2.15. The summed E-state index contributed by atoms with van der Waals surface area (Å²) in [4.78, 5) is 18.4. The van der Waals surface area contributed by atoms with Crippen LogP contribution in [-0.2, 0) is 13.1 Å². The van der Waals surface area contributed by atoms with Crippen molar-refractivity contribution in [1.82, 2.24) is 15.1 Å². The first-order valence-electron chi connectivity index (χ1n) is 10.1. The van der Waals surface area contributed by atoms with Crippen molar-refractivity contribution in [3.63, 3.8) is 0 Å². The fourth-order valence-electron chi connectivity index (χ4n) is 3.69. The van der Waals surface area contributed by atoms with Crippen LogP contribution >= 0.6 is 11.3 Å². The third-order valence-electron chi connectivity index (χ3n) is 5.40. The first-order chi connectivity index (χ1) is 14.2. The number of carbonyl (C=O) groups excluding carboxylic acids is 1. The second kappa shape index (κ2) is 9.35. The molecule has 29 heavy (non-hydrogen) atoms. The van der Waals surface area contributed by atoms with E-state index in [1.807, 2.05) is 41.8 Å². The Morgan fingerprint density at radius 2 is 1.72 bits per heavy atom. The van der Waals surface area contributed by atoms with E-state index < -0.39 is 0 Å². The monoisotopic (exact) mass is 405 g/mol. The summed E-state index contributed by atoms with van der Waals surface area (Å²) in [5.74, 6) is -0.0108. The minimum absolute atomic E-state index is 0.0108. The molecule has 2 aromatic carbocycles. The van der Waals surface area contributed by atoms with Gasteiger partial charge in [-0.25, -0.2) is 0 Å². The Kier molecular flexibility index (Phi) is 6.39. The predicted octanol–water partition coefficient (Wildman–Crippen LogP) is 4.09. The van der Waals surface area contributed by atoms with Gasteiger partial charge in [0.1, 0.15) is 0 Å². The van der Waals surface area contributed by atoms with Crippen LogP contribution < -0.4 is 5.32 Å². The topological polar surface area (TPSA) is 35.6 Å². The second-order valence-corrected chi connectivity index (χ2v) is 8.53. The standard InChI is InChI=1S/C24H27N3OS/c1-26-11-13-27(14-12-26)18-20-7-5-6-19(16-20)17-25-24(28)23-22(10-15-29-23)21-8-3-2-4-9-21/h2-10,15-16H,11-14,17-18H2,1H3,(H,25,28). The molecule has 0 saturated carbocycles. The molecule has 1 aliphatic heterocycles. The third kappa shape index (κ3) is 5.12. The number of hydrogen-bond donors (Lipinski definition) is 1. The number of piperazine rings is 1. The zero-order valence-electron chi connectivity index (χ0n) is 16.8. The van der Waals surface area contributed by atoms with Gasteiger partial charge in [0, 0.05) is 44.8 Å². The van der Waals surface area contributed by atoms with Crippen LogP contribution in [-0.4, -0.2) is 48.9 Å². The summed E-state index contributed by atoms with van der Waals surface area (Å²) in [5.41, 5.74) is 4.52. The molecule has 1 N–H and O–H groups in total. The van der Waals surface area contributed by atoms with Crippen molar-refractivity contribution in [2.75, 3.05) is 33.2 Å². The largest absolute Gasteiger partial charge is 0.347 e. The molecule has 0 radical (unpaired) electrons. The van der Waals surface area contributed by atoms with Crippen molar-refractivity contribution in [3.05, 3.63) is 82.0 Å². The van der Waals surface area contributed by atoms with Crippen LogP contribution in [0.15, 0.2) is 66.0 Å². The predicted molar refractivity (Wildman–Crippen MR) is 120 cm³/mol. The first-order valence-corrected chi connectivity index (χ1v) is 11.0. The molecular weight excluding hydrogens is 378 g/mol. The minimum Gasteiger partial charge on any atom is -0.347 e. The molecule has 0 unspecified atom stereocenters. The van der Waals surface area contributed by atoms with Gasteiger partial charge in [-0.3, -0.25) is 9.69 Å². The molecule has 3 aromatic rings. The SMILES string of the molecule is CN1CCN(Cc2cccc(CNC(=O)c3sccc3-c3ccccc3)c2)CC1. The lowest BCUT2D eigenvalue weighted by atomic mass is 10.1. The number of benzene rings is 2. The molecule has 1 amide bonds. The van der Waals surface area contributed by atoms with Gasteiger partial charge < -0.3 is 10.2 Å². The molecule has 1 aromatic heterocycles. The van der Waals surface area contributed by atoms with E-state index in [2.05, 4.69) is 46.4 Å². The van der Waals surface area contributed by atoms with Gasteiger partial charge in [-0.05, 0) is 35.2 Å². The Morgan fingerprint density at radius 3 is 2.52 bits per heavy atom. The van der Waals surface area contributed by atoms with Gasteiger partial charge in [0.25, 0.3) is 5.91 Å². The lowest BCUT2D eigenvalue weighted by Crippen LogP contribution is -2.43. The third-order valence-corrected chi connectivity index (χ3v) is 6.32. The summed E-state index contributed by atoms with van der Waals surface area (Å²) in [7, 11) is 2.18. The van der Waals surface area contributed by atoms with Crippen molar-refractivity contribution in [3.8, 4) is 11.1 Å². The van der Waals surface area contributed by atoms with Crippen LogP contribution in [0.4, 0.5) is 0 Å². The number of hydrogen-bond acceptors (Lipinski definition) is 4. The van der Waals surface area contributed by atoms with Crippen molar-refractivity contribution in [1.29, 1.82) is 0 Å². The zero-order chi connectivity index (χ0) is 20.1. The summed E-state index contributed by atoms with van der Waals surface area (Å²) in [5, 5.41) is 5.08. The van der Waals surface area contributed by atoms with Crippen molar-refractivity contribution in [2.45, 2.75) is 13.1 Å². The molecule has 0 atom stereocenters. The average Bonchev–Trinajstić information content (AvgIpc) is 3.25. The summed E-state index contributed by atoms with van der Waals surface area (Å²) >= 11 is 1.49. The first kappa shape index (κ1) is 19.8. The van der Waals surface area contributed by atoms with Crippen LogP contribution in [0.3, 0.4) is 0 Å². The highest BCUT2D eigenvalue weighted by Crippen LogP contribution is 2.28. The van der Waals surface area contributed by atoms with E-state index in [-0.39, 0.29) is 5.91 Å². The zero-order valence-corrected chi connectivity index (χ0v) is 17.6. The van der Waals surface area contributed by atoms with E-state index in [4.69, 9.17) is 0 Å². The van der Waals surface area contributed by atoms with E-state index in [9.17, 15) is 4.79 Å². The highest BCUT2D eigenvalue weighted by molar-refractivity contribution is 7.12. The maximum Gasteiger partial charge on any atom is 0.262 e. The van der Waals surface area contributed by atoms with E-state index in [1.165, 1.54) is 16.9 Å². The van der Waals surface area contributed by atoms with E-state index in [1.54, 1.807) is 0 Å². The lowest BCUT2D eigenvalue weighted by molar-refractivity contribution is 0.0955. The number of rotatable bonds is 6. The van der Waals surface area contributed by atoms with Crippen LogP contribution in [0, 0.1) is 0 Å². The number of nitrogens with one attached hydrogen (secondary N) is 1. The summed E-state index contributed by atoms with van der Waals surface area (Å²) in [6.07, 6.45) is 0. The number of amides is 1. The smallest absolute Gasteiger partial charge is 0.262 e. The quantitative estimate of drug-likeness (QED) is 0.671. The van der Waals surface area contributed by atoms with E-state index in [0.29, 0.717) is 6.54 Å². The molecule has 0 bridgehead atoms. The maximum atomic E-state index is 12.8. The van der Waals surface area contributed by atoms with E-state index >= 15 is 0 Å². The van der Waals surface area contributed by atoms with Gasteiger partial charge in [-0.15, -0.1) is 11.3 Å². The van der Waals surface area contributed by atoms with Crippen molar-refractivity contribution < 1.29 is 4.79 Å². The molecule has 1 fully saturated rings. The molecule has 150 valence electrons. The summed E-state index contributed by atoms with van der Waals surface area (Å²) < 4.78 is 0. The Labute approximate surface area is 176 Å². The number of carbonyl (C=O) groups is 1. The van der Waals surface area contributed by atoms with Crippen LogP contribution in [0.25, 0.3) is 11.1 Å². The second-order valence-electron chi connectivity index (χ2n) is 7.61. The Morgan fingerprint density at radius 1 is 0.966 bits per heavy atom. The molecule has 4 rings (SSSR count). The Hall–Kier alpha value is -2.47. The number of likely N-dealkylation sites (N-methyl/N-ethyl adjacent to an activating group) is 1. The van der Waals surface area contributed by atoms with Gasteiger partial charge in [0.05, 0.1) is 4.88 Å². The summed E-state index contributed by atoms with van der Waals surface area (Å²) in [6.45, 7) is 5.98. The van der Waals surface area contributed by atoms with Gasteiger partial charge >= 0.3 is 0 Å². The number of thiophene rings is 1. The van der Waals surface area contributed by atoms with Crippen LogP contribution in [0.2, 0.25) is 0 Å². The van der Waals surface area contributed by atoms with Gasteiger partial charge in [0.2, 0.25) is 0 Å². The van der Waals surface area contributed by atoms with Crippen LogP contribution in [0.1, 0.15) is 20.8 Å². The average molecular weight is 406 g/mol. The van der Waals surface area contributed by atoms with Gasteiger partial charge in [0.15, 0.2) is 0 Å². The number of nitrogens with zero attached hydrogens (tertiary/aromatic N) is 2. The maximum absolute atomic E-state index is 12.8. The Balaban J connectivity index is 1.37. The van der Waals surface area contributed by atoms with Crippen molar-refractivity contribution >= 4 is 17.2 Å². The molecular formula is C24H27N3OS. The van der Waals surface area contributed by atoms with E-state index in [0.717, 1.165) is 54.3 Å². The highest BCUT2D eigenvalue weighted by atomic mass is 32.1. The lowest BCUT2D eigenvalue weighted by Gasteiger charge is -2.32. The normalized spacial score (nSPS) is 15.3. The molecule has 0 spiro atoms. The molecule has 5 heteroatoms. The summed E-state index contributed by atoms with van der Waals surface area (Å²) in [6, 6.07) is 20.7. The van der Waals surface area contributed by atoms with Crippen LogP contribution in [0.5, 0.6) is 0 Å². The fraction of sp³-hybridized carbons (Fsp3) is 0.292. The molecule has 4 nitrogen and oxygen atoms in total.